The molecule has 1 heterocycles. The highest BCUT2D eigenvalue weighted by atomic mass is 19.1. The van der Waals surface area contributed by atoms with Crippen LogP contribution < -0.4 is 14.8 Å². The molecule has 22 heavy (non-hydrogen) atoms. The predicted octanol–water partition coefficient (Wildman–Crippen LogP) is 3.27. The van der Waals surface area contributed by atoms with Gasteiger partial charge in [-0.25, -0.2) is 4.39 Å². The van der Waals surface area contributed by atoms with E-state index in [4.69, 9.17) is 9.47 Å². The van der Waals surface area contributed by atoms with Crippen molar-refractivity contribution in [3.8, 4) is 11.5 Å². The molecular weight excluding hydrogens is 281 g/mol. The van der Waals surface area contributed by atoms with Crippen LogP contribution in [0.15, 0.2) is 36.4 Å². The summed E-state index contributed by atoms with van der Waals surface area (Å²) >= 11 is 0. The zero-order valence-corrected chi connectivity index (χ0v) is 12.9. The van der Waals surface area contributed by atoms with Gasteiger partial charge in [0.15, 0.2) is 11.5 Å². The predicted molar refractivity (Wildman–Crippen MR) is 84.1 cm³/mol. The third-order valence-electron chi connectivity index (χ3n) is 4.16. The molecule has 1 atom stereocenters. The van der Waals surface area contributed by atoms with Crippen LogP contribution in [0.3, 0.4) is 0 Å². The lowest BCUT2D eigenvalue weighted by molar-refractivity contribution is 0.352. The second-order valence-corrected chi connectivity index (χ2v) is 5.49. The monoisotopic (exact) mass is 301 g/mol. The van der Waals surface area contributed by atoms with Crippen molar-refractivity contribution in [2.24, 2.45) is 0 Å². The number of fused-ring (bicyclic) bond motifs is 1. The number of rotatable bonds is 4. The summed E-state index contributed by atoms with van der Waals surface area (Å²) in [5.41, 5.74) is 3.62. The first-order valence-corrected chi connectivity index (χ1v) is 7.44. The van der Waals surface area contributed by atoms with E-state index < -0.39 is 0 Å². The van der Waals surface area contributed by atoms with Gasteiger partial charge in [-0.15, -0.1) is 0 Å². The summed E-state index contributed by atoms with van der Waals surface area (Å²) in [5.74, 6) is 1.31. The molecule has 0 aromatic heterocycles. The molecule has 0 radical (unpaired) electrons. The van der Waals surface area contributed by atoms with Gasteiger partial charge in [0.2, 0.25) is 0 Å². The first-order valence-electron chi connectivity index (χ1n) is 7.44. The van der Waals surface area contributed by atoms with E-state index in [0.29, 0.717) is 0 Å². The Morgan fingerprint density at radius 1 is 1.09 bits per heavy atom. The van der Waals surface area contributed by atoms with E-state index in [-0.39, 0.29) is 11.9 Å². The Balaban J connectivity index is 1.91. The van der Waals surface area contributed by atoms with Gasteiger partial charge >= 0.3 is 0 Å². The summed E-state index contributed by atoms with van der Waals surface area (Å²) in [7, 11) is 3.30. The van der Waals surface area contributed by atoms with Gasteiger partial charge in [-0.3, -0.25) is 0 Å². The van der Waals surface area contributed by atoms with Crippen molar-refractivity contribution in [2.45, 2.75) is 18.9 Å². The van der Waals surface area contributed by atoms with Crippen LogP contribution in [0.5, 0.6) is 11.5 Å². The number of ether oxygens (including phenoxy) is 2. The molecule has 0 saturated carbocycles. The lowest BCUT2D eigenvalue weighted by Gasteiger charge is -2.28. The molecule has 4 heteroatoms. The summed E-state index contributed by atoms with van der Waals surface area (Å²) in [6, 6.07) is 11.0. The topological polar surface area (TPSA) is 30.5 Å². The largest absolute Gasteiger partial charge is 0.493 e. The highest BCUT2D eigenvalue weighted by molar-refractivity contribution is 5.49. The van der Waals surface area contributed by atoms with Crippen molar-refractivity contribution in [1.29, 1.82) is 0 Å². The Labute approximate surface area is 130 Å². The van der Waals surface area contributed by atoms with Crippen molar-refractivity contribution in [3.05, 3.63) is 58.9 Å². The summed E-state index contributed by atoms with van der Waals surface area (Å²) in [6.45, 7) is 0.925. The fraction of sp³-hybridized carbons (Fsp3) is 0.333. The lowest BCUT2D eigenvalue weighted by Crippen LogP contribution is -2.31. The van der Waals surface area contributed by atoms with E-state index in [0.717, 1.165) is 36.4 Å². The molecule has 0 unspecified atom stereocenters. The third-order valence-corrected chi connectivity index (χ3v) is 4.16. The smallest absolute Gasteiger partial charge is 0.161 e. The number of halogens is 1. The van der Waals surface area contributed by atoms with Crippen LogP contribution >= 0.6 is 0 Å². The van der Waals surface area contributed by atoms with Gasteiger partial charge in [0, 0.05) is 6.04 Å². The second-order valence-electron chi connectivity index (χ2n) is 5.49. The van der Waals surface area contributed by atoms with Crippen molar-refractivity contribution in [3.63, 3.8) is 0 Å². The summed E-state index contributed by atoms with van der Waals surface area (Å²) < 4.78 is 23.8. The molecule has 0 aliphatic carbocycles. The van der Waals surface area contributed by atoms with E-state index >= 15 is 0 Å². The van der Waals surface area contributed by atoms with Gasteiger partial charge in [-0.1, -0.05) is 12.1 Å². The summed E-state index contributed by atoms with van der Waals surface area (Å²) in [6.07, 6.45) is 1.79. The fourth-order valence-corrected chi connectivity index (χ4v) is 3.01. The molecular formula is C18H20FNO2. The zero-order valence-electron chi connectivity index (χ0n) is 12.9. The molecule has 0 fully saturated rings. The molecule has 1 aliphatic heterocycles. The maximum absolute atomic E-state index is 13.0. The van der Waals surface area contributed by atoms with Crippen LogP contribution in [0, 0.1) is 5.82 Å². The number of methoxy groups -OCH3 is 2. The SMILES string of the molecule is COc1cc2c(cc1OC)[C@H](Cc1ccc(F)cc1)NCC2. The molecule has 1 aliphatic rings. The number of nitrogens with one attached hydrogen (secondary N) is 1. The molecule has 0 bridgehead atoms. The molecule has 3 rings (SSSR count). The Morgan fingerprint density at radius 2 is 1.77 bits per heavy atom. The Hall–Kier alpha value is -2.07. The van der Waals surface area contributed by atoms with Crippen molar-refractivity contribution in [1.82, 2.24) is 5.32 Å². The van der Waals surface area contributed by atoms with E-state index in [1.165, 1.54) is 23.3 Å². The van der Waals surface area contributed by atoms with Gasteiger partial charge in [0.1, 0.15) is 5.82 Å². The average molecular weight is 301 g/mol. The number of hydrogen-bond donors (Lipinski definition) is 1. The van der Waals surface area contributed by atoms with Crippen molar-refractivity contribution < 1.29 is 13.9 Å². The molecule has 0 amide bonds. The zero-order chi connectivity index (χ0) is 15.5. The Morgan fingerprint density at radius 3 is 2.45 bits per heavy atom. The Bertz CT molecular complexity index is 655. The second kappa shape index (κ2) is 6.36. The van der Waals surface area contributed by atoms with E-state index in [1.807, 2.05) is 12.1 Å². The lowest BCUT2D eigenvalue weighted by atomic mass is 9.90. The molecule has 1 N–H and O–H groups in total. The maximum Gasteiger partial charge on any atom is 0.161 e. The highest BCUT2D eigenvalue weighted by Gasteiger charge is 2.22. The minimum atomic E-state index is -0.202. The molecule has 0 saturated heterocycles. The van der Waals surface area contributed by atoms with Crippen LogP contribution in [0.25, 0.3) is 0 Å². The number of benzene rings is 2. The van der Waals surface area contributed by atoms with E-state index in [2.05, 4.69) is 17.4 Å². The minimum absolute atomic E-state index is 0.202. The third kappa shape index (κ3) is 2.92. The van der Waals surface area contributed by atoms with Gasteiger partial charge in [0.25, 0.3) is 0 Å². The van der Waals surface area contributed by atoms with Gasteiger partial charge in [-0.2, -0.15) is 0 Å². The van der Waals surface area contributed by atoms with Crippen LogP contribution in [0.2, 0.25) is 0 Å². The Kier molecular flexibility index (Phi) is 4.29. The van der Waals surface area contributed by atoms with E-state index in [9.17, 15) is 4.39 Å². The maximum atomic E-state index is 13.0. The van der Waals surface area contributed by atoms with Crippen LogP contribution in [0.4, 0.5) is 4.39 Å². The fourth-order valence-electron chi connectivity index (χ4n) is 3.01. The van der Waals surface area contributed by atoms with Crippen LogP contribution in [0.1, 0.15) is 22.7 Å². The van der Waals surface area contributed by atoms with Gasteiger partial charge < -0.3 is 14.8 Å². The van der Waals surface area contributed by atoms with Crippen LogP contribution in [-0.2, 0) is 12.8 Å². The van der Waals surface area contributed by atoms with E-state index in [1.54, 1.807) is 14.2 Å². The quantitative estimate of drug-likeness (QED) is 0.940. The van der Waals surface area contributed by atoms with Gasteiger partial charge in [-0.05, 0) is 60.3 Å². The molecule has 3 nitrogen and oxygen atoms in total. The number of hydrogen-bond acceptors (Lipinski definition) is 3. The molecule has 116 valence electrons. The molecule has 2 aromatic rings. The summed E-state index contributed by atoms with van der Waals surface area (Å²) in [4.78, 5) is 0. The van der Waals surface area contributed by atoms with Crippen molar-refractivity contribution in [2.75, 3.05) is 20.8 Å². The average Bonchev–Trinajstić information content (AvgIpc) is 2.56. The molecule has 0 spiro atoms. The van der Waals surface area contributed by atoms with Crippen LogP contribution in [-0.4, -0.2) is 20.8 Å². The summed E-state index contributed by atoms with van der Waals surface area (Å²) in [5, 5.41) is 3.54. The first kappa shape index (κ1) is 14.9. The normalized spacial score (nSPS) is 17.0. The standard InChI is InChI=1S/C18H20FNO2/c1-21-17-10-13-7-8-20-16(15(13)11-18(17)22-2)9-12-3-5-14(19)6-4-12/h3-6,10-11,16,20H,7-9H2,1-2H3/t16-/m0/s1. The van der Waals surface area contributed by atoms with Gasteiger partial charge in [0.05, 0.1) is 14.2 Å². The first-order chi connectivity index (χ1) is 10.7. The minimum Gasteiger partial charge on any atom is -0.493 e. The highest BCUT2D eigenvalue weighted by Crippen LogP contribution is 2.36. The molecule has 2 aromatic carbocycles. The van der Waals surface area contributed by atoms with Crippen molar-refractivity contribution >= 4 is 0 Å².